The molecule has 0 aromatic rings. The van der Waals surface area contributed by atoms with Crippen molar-refractivity contribution in [3.63, 3.8) is 0 Å². The molecule has 1 N–H and O–H groups in total. The molecule has 0 spiro atoms. The second kappa shape index (κ2) is 18.5. The summed E-state index contributed by atoms with van der Waals surface area (Å²) in [6.45, 7) is 6.21. The van der Waals surface area contributed by atoms with Crippen molar-refractivity contribution < 1.29 is 5.11 Å². The van der Waals surface area contributed by atoms with Gasteiger partial charge >= 0.3 is 0 Å². The zero-order chi connectivity index (χ0) is 21.2. The molecule has 1 rings (SSSR count). The smallest absolute Gasteiger partial charge is 0.194 e. The third-order valence-corrected chi connectivity index (χ3v) is 6.82. The van der Waals surface area contributed by atoms with E-state index in [9.17, 15) is 0 Å². The summed E-state index contributed by atoms with van der Waals surface area (Å²) in [6.07, 6.45) is 23.9. The molecule has 0 aliphatic carbocycles. The number of β-amino-alcohol motifs (C(OH)–C–C–N with tert-alkyl or cyclic N) is 1. The molecular formula is C25H49ClN2O. The van der Waals surface area contributed by atoms with Gasteiger partial charge in [-0.1, -0.05) is 117 Å². The van der Waals surface area contributed by atoms with Crippen molar-refractivity contribution in [1.82, 2.24) is 4.90 Å². The van der Waals surface area contributed by atoms with Crippen LogP contribution in [0.5, 0.6) is 0 Å². The van der Waals surface area contributed by atoms with E-state index >= 15 is 0 Å². The van der Waals surface area contributed by atoms with Gasteiger partial charge < -0.3 is 10.0 Å². The summed E-state index contributed by atoms with van der Waals surface area (Å²) in [7, 11) is 0. The van der Waals surface area contributed by atoms with Gasteiger partial charge in [0.2, 0.25) is 0 Å². The van der Waals surface area contributed by atoms with Crippen LogP contribution >= 0.6 is 11.6 Å². The van der Waals surface area contributed by atoms with Crippen LogP contribution < -0.4 is 0 Å². The van der Waals surface area contributed by atoms with Crippen molar-refractivity contribution >= 4 is 16.9 Å². The van der Waals surface area contributed by atoms with Crippen LogP contribution in [0.2, 0.25) is 0 Å². The molecule has 0 saturated carbocycles. The molecule has 1 heterocycles. The Balaban J connectivity index is 1.82. The maximum atomic E-state index is 9.07. The molecule has 2 unspecified atom stereocenters. The van der Waals surface area contributed by atoms with Crippen molar-refractivity contribution in [3.05, 3.63) is 0 Å². The normalized spacial score (nSPS) is 17.7. The lowest BCUT2D eigenvalue weighted by Crippen LogP contribution is -2.31. The number of halogens is 1. The molecule has 0 fully saturated rings. The summed E-state index contributed by atoms with van der Waals surface area (Å²) in [6, 6.07) is 0.311. The number of unbranched alkanes of at least 4 members (excludes halogenated alkanes) is 15. The highest BCUT2D eigenvalue weighted by Gasteiger charge is 2.27. The number of hydrogen-bond donors (Lipinski definition) is 1. The largest absolute Gasteiger partial charge is 0.395 e. The van der Waals surface area contributed by atoms with Crippen molar-refractivity contribution in [3.8, 4) is 0 Å². The summed E-state index contributed by atoms with van der Waals surface area (Å²) in [4.78, 5) is 6.57. The highest BCUT2D eigenvalue weighted by atomic mass is 35.5. The summed E-state index contributed by atoms with van der Waals surface area (Å²) in [5.74, 6) is 0.582. The second-order valence-corrected chi connectivity index (χ2v) is 9.54. The van der Waals surface area contributed by atoms with E-state index in [2.05, 4.69) is 18.8 Å². The highest BCUT2D eigenvalue weighted by molar-refractivity contribution is 6.64. The van der Waals surface area contributed by atoms with Gasteiger partial charge in [0.15, 0.2) is 5.29 Å². The molecule has 1 aliphatic heterocycles. The van der Waals surface area contributed by atoms with E-state index in [1.165, 1.54) is 109 Å². The van der Waals surface area contributed by atoms with Gasteiger partial charge in [-0.15, -0.1) is 0 Å². The molecule has 0 radical (unpaired) electrons. The second-order valence-electron chi connectivity index (χ2n) is 9.20. The zero-order valence-corrected chi connectivity index (χ0v) is 20.3. The fraction of sp³-hybridized carbons (Fsp3) is 0.960. The molecular weight excluding hydrogens is 380 g/mol. The van der Waals surface area contributed by atoms with Crippen LogP contribution in [-0.4, -0.2) is 41.0 Å². The number of nitrogens with zero attached hydrogens (tertiary/aromatic N) is 2. The van der Waals surface area contributed by atoms with E-state index in [0.29, 0.717) is 23.8 Å². The first-order chi connectivity index (χ1) is 14.2. The Hall–Kier alpha value is -0.280. The Labute approximate surface area is 186 Å². The number of aliphatic hydroxyl groups is 1. The lowest BCUT2D eigenvalue weighted by molar-refractivity contribution is 0.246. The van der Waals surface area contributed by atoms with E-state index in [-0.39, 0.29) is 6.61 Å². The first-order valence-corrected chi connectivity index (χ1v) is 13.2. The first kappa shape index (κ1) is 26.8. The minimum Gasteiger partial charge on any atom is -0.395 e. The maximum absolute atomic E-state index is 9.07. The van der Waals surface area contributed by atoms with Crippen LogP contribution in [0.3, 0.4) is 0 Å². The average Bonchev–Trinajstić information content (AvgIpc) is 3.08. The minimum atomic E-state index is 0.145. The first-order valence-electron chi connectivity index (χ1n) is 12.8. The van der Waals surface area contributed by atoms with Crippen LogP contribution in [0.1, 0.15) is 123 Å². The van der Waals surface area contributed by atoms with Crippen LogP contribution in [0.15, 0.2) is 4.99 Å². The quantitative estimate of drug-likeness (QED) is 0.160. The van der Waals surface area contributed by atoms with E-state index in [4.69, 9.17) is 16.7 Å². The van der Waals surface area contributed by atoms with Gasteiger partial charge in [-0.3, -0.25) is 4.99 Å². The van der Waals surface area contributed by atoms with Crippen LogP contribution in [0, 0.1) is 5.92 Å². The summed E-state index contributed by atoms with van der Waals surface area (Å²) in [5, 5.41) is 9.66. The van der Waals surface area contributed by atoms with E-state index in [1.807, 2.05) is 4.90 Å². The standard InChI is InChI=1S/C25H49ClN2O/c1-3-4-5-6-7-8-9-10-11-12-13-14-15-16-17-18-19-23(2)24-22-28(20-21-29)25(26)27-24/h23-24,29H,3-22H2,1-2H3. The number of aliphatic hydroxyl groups excluding tert-OH is 1. The van der Waals surface area contributed by atoms with Gasteiger partial charge in [0.05, 0.1) is 12.6 Å². The van der Waals surface area contributed by atoms with Crippen molar-refractivity contribution in [1.29, 1.82) is 0 Å². The molecule has 2 atom stereocenters. The van der Waals surface area contributed by atoms with Crippen LogP contribution in [0.4, 0.5) is 0 Å². The summed E-state index contributed by atoms with van der Waals surface area (Å²) in [5.41, 5.74) is 0. The van der Waals surface area contributed by atoms with Crippen molar-refractivity contribution in [2.75, 3.05) is 19.7 Å². The SMILES string of the molecule is CCCCCCCCCCCCCCCCCCC(C)C1CN(CCO)C(Cl)=N1. The number of amidine groups is 1. The monoisotopic (exact) mass is 428 g/mol. The molecule has 0 saturated heterocycles. The van der Waals surface area contributed by atoms with Gasteiger partial charge in [-0.25, -0.2) is 0 Å². The lowest BCUT2D eigenvalue weighted by atomic mass is 9.95. The third kappa shape index (κ3) is 13.6. The Morgan fingerprint density at radius 2 is 1.31 bits per heavy atom. The van der Waals surface area contributed by atoms with Crippen molar-refractivity contribution in [2.24, 2.45) is 10.9 Å². The Kier molecular flexibility index (Phi) is 17.1. The molecule has 0 amide bonds. The van der Waals surface area contributed by atoms with E-state index < -0.39 is 0 Å². The predicted molar refractivity (Wildman–Crippen MR) is 129 cm³/mol. The number of hydrogen-bond acceptors (Lipinski definition) is 3. The van der Waals surface area contributed by atoms with Gasteiger partial charge in [-0.05, 0) is 23.9 Å². The van der Waals surface area contributed by atoms with E-state index in [1.54, 1.807) is 0 Å². The number of rotatable bonds is 20. The Bertz CT molecular complexity index is 402. The van der Waals surface area contributed by atoms with Crippen molar-refractivity contribution in [2.45, 2.75) is 129 Å². The molecule has 0 aromatic carbocycles. The molecule has 1 aliphatic rings. The Morgan fingerprint density at radius 3 is 1.76 bits per heavy atom. The highest BCUT2D eigenvalue weighted by Crippen LogP contribution is 2.23. The molecule has 0 aromatic heterocycles. The zero-order valence-electron chi connectivity index (χ0n) is 19.5. The maximum Gasteiger partial charge on any atom is 0.194 e. The van der Waals surface area contributed by atoms with Gasteiger partial charge in [0, 0.05) is 13.1 Å². The fourth-order valence-electron chi connectivity index (χ4n) is 4.38. The number of aliphatic imine (C=N–C) groups is 1. The molecule has 3 nitrogen and oxygen atoms in total. The Morgan fingerprint density at radius 1 is 0.862 bits per heavy atom. The van der Waals surface area contributed by atoms with Gasteiger partial charge in [0.25, 0.3) is 0 Å². The predicted octanol–water partition coefficient (Wildman–Crippen LogP) is 7.55. The van der Waals surface area contributed by atoms with Gasteiger partial charge in [-0.2, -0.15) is 0 Å². The topological polar surface area (TPSA) is 35.8 Å². The van der Waals surface area contributed by atoms with Crippen LogP contribution in [0.25, 0.3) is 0 Å². The van der Waals surface area contributed by atoms with Crippen LogP contribution in [-0.2, 0) is 0 Å². The van der Waals surface area contributed by atoms with E-state index in [0.717, 1.165) is 6.54 Å². The molecule has 4 heteroatoms. The minimum absolute atomic E-state index is 0.145. The lowest BCUT2D eigenvalue weighted by Gasteiger charge is -2.20. The van der Waals surface area contributed by atoms with Gasteiger partial charge in [0.1, 0.15) is 0 Å². The molecule has 172 valence electrons. The third-order valence-electron chi connectivity index (χ3n) is 6.48. The fourth-order valence-corrected chi connectivity index (χ4v) is 4.66. The average molecular weight is 429 g/mol. The molecule has 29 heavy (non-hydrogen) atoms. The molecule has 0 bridgehead atoms. The summed E-state index contributed by atoms with van der Waals surface area (Å²) >= 11 is 6.16. The summed E-state index contributed by atoms with van der Waals surface area (Å²) < 4.78 is 0.